The van der Waals surface area contributed by atoms with Gasteiger partial charge in [0.2, 0.25) is 23.6 Å². The fourth-order valence-electron chi connectivity index (χ4n) is 3.50. The lowest BCUT2D eigenvalue weighted by Crippen LogP contribution is -2.14. The monoisotopic (exact) mass is 484 g/mol. The minimum absolute atomic E-state index is 0.0288. The molecule has 0 spiro atoms. The first kappa shape index (κ1) is 26.8. The summed E-state index contributed by atoms with van der Waals surface area (Å²) >= 11 is 0. The van der Waals surface area contributed by atoms with Gasteiger partial charge in [-0.2, -0.15) is 0 Å². The van der Waals surface area contributed by atoms with Crippen molar-refractivity contribution in [3.05, 3.63) is 88.8 Å². The fraction of sp³-hybridized carbons (Fsp3) is 0.333. The molecule has 0 aliphatic rings. The van der Waals surface area contributed by atoms with Crippen LogP contribution in [0.5, 0.6) is 0 Å². The highest BCUT2D eigenvalue weighted by molar-refractivity contribution is 6.05. The van der Waals surface area contributed by atoms with Crippen molar-refractivity contribution in [2.24, 2.45) is 0 Å². The molecule has 0 amide bonds. The quantitative estimate of drug-likeness (QED) is 0.220. The minimum Gasteiger partial charge on any atom is -0.421 e. The second kappa shape index (κ2) is 10.4. The van der Waals surface area contributed by atoms with Crippen LogP contribution in [0.15, 0.2) is 70.7 Å². The van der Waals surface area contributed by atoms with Crippen molar-refractivity contribution in [2.45, 2.75) is 66.2 Å². The largest absolute Gasteiger partial charge is 0.421 e. The van der Waals surface area contributed by atoms with Crippen molar-refractivity contribution in [1.29, 1.82) is 10.8 Å². The average Bonchev–Trinajstić information content (AvgIpc) is 3.31. The molecule has 1 heterocycles. The molecule has 0 aliphatic carbocycles. The van der Waals surface area contributed by atoms with Gasteiger partial charge in [0, 0.05) is 22.3 Å². The zero-order valence-electron chi connectivity index (χ0n) is 22.5. The number of hydrogen-bond donors (Lipinski definition) is 2. The SMILES string of the molecule is C/C=C(\C=C(/C)C(=N)OC(=N)c1ccc(C(C)(C)C)cc1)c1nnc(-c2ccc(C(C)(C)C)cc2)o1. The van der Waals surface area contributed by atoms with Gasteiger partial charge in [-0.25, -0.2) is 0 Å². The fourth-order valence-corrected chi connectivity index (χ4v) is 3.50. The summed E-state index contributed by atoms with van der Waals surface area (Å²) in [7, 11) is 0. The van der Waals surface area contributed by atoms with Crippen LogP contribution in [0.25, 0.3) is 17.0 Å². The Morgan fingerprint density at radius 3 is 1.86 bits per heavy atom. The molecule has 0 aliphatic heterocycles. The Hall–Kier alpha value is -3.80. The van der Waals surface area contributed by atoms with E-state index in [0.717, 1.165) is 5.56 Å². The van der Waals surface area contributed by atoms with Crippen LogP contribution in [0.1, 0.15) is 78.0 Å². The first-order valence-corrected chi connectivity index (χ1v) is 12.0. The topological polar surface area (TPSA) is 95.8 Å². The summed E-state index contributed by atoms with van der Waals surface area (Å²) in [6.45, 7) is 16.6. The van der Waals surface area contributed by atoms with E-state index in [0.29, 0.717) is 28.5 Å². The summed E-state index contributed by atoms with van der Waals surface area (Å²) in [5.41, 5.74) is 5.17. The van der Waals surface area contributed by atoms with Gasteiger partial charge >= 0.3 is 0 Å². The maximum Gasteiger partial charge on any atom is 0.248 e. The van der Waals surface area contributed by atoms with E-state index in [-0.39, 0.29) is 22.6 Å². The second-order valence-corrected chi connectivity index (χ2v) is 10.9. The van der Waals surface area contributed by atoms with Crippen molar-refractivity contribution in [2.75, 3.05) is 0 Å². The van der Waals surface area contributed by atoms with Gasteiger partial charge in [-0.15, -0.1) is 10.2 Å². The molecule has 6 nitrogen and oxygen atoms in total. The third kappa shape index (κ3) is 6.45. The molecule has 6 heteroatoms. The molecule has 3 aromatic rings. The average molecular weight is 485 g/mol. The van der Waals surface area contributed by atoms with Crippen LogP contribution in [0.2, 0.25) is 0 Å². The van der Waals surface area contributed by atoms with Gasteiger partial charge in [-0.3, -0.25) is 10.8 Å². The number of rotatable bonds is 5. The number of hydrogen-bond acceptors (Lipinski definition) is 6. The Bertz CT molecular complexity index is 1300. The molecule has 36 heavy (non-hydrogen) atoms. The molecule has 2 N–H and O–H groups in total. The van der Waals surface area contributed by atoms with E-state index in [4.69, 9.17) is 20.0 Å². The third-order valence-electron chi connectivity index (χ3n) is 5.93. The van der Waals surface area contributed by atoms with Crippen LogP contribution in [0.4, 0.5) is 0 Å². The summed E-state index contributed by atoms with van der Waals surface area (Å²) in [4.78, 5) is 0. The highest BCUT2D eigenvalue weighted by Crippen LogP contribution is 2.27. The van der Waals surface area contributed by atoms with Crippen molar-refractivity contribution in [1.82, 2.24) is 10.2 Å². The summed E-state index contributed by atoms with van der Waals surface area (Å²) in [6, 6.07) is 15.8. The Morgan fingerprint density at radius 2 is 1.36 bits per heavy atom. The van der Waals surface area contributed by atoms with Crippen LogP contribution >= 0.6 is 0 Å². The first-order chi connectivity index (χ1) is 16.8. The van der Waals surface area contributed by atoms with Crippen LogP contribution in [-0.4, -0.2) is 22.0 Å². The van der Waals surface area contributed by atoms with Crippen molar-refractivity contribution in [3.63, 3.8) is 0 Å². The first-order valence-electron chi connectivity index (χ1n) is 12.0. The van der Waals surface area contributed by atoms with Gasteiger partial charge in [-0.05, 0) is 66.1 Å². The molecular formula is C30H36N4O2. The number of allylic oxidation sites excluding steroid dienone is 3. The molecule has 0 bridgehead atoms. The lowest BCUT2D eigenvalue weighted by Gasteiger charge is -2.19. The summed E-state index contributed by atoms with van der Waals surface area (Å²) in [5, 5.41) is 25.0. The Morgan fingerprint density at radius 1 is 0.833 bits per heavy atom. The van der Waals surface area contributed by atoms with Gasteiger partial charge < -0.3 is 9.15 Å². The van der Waals surface area contributed by atoms with E-state index >= 15 is 0 Å². The molecule has 0 fully saturated rings. The Balaban J connectivity index is 1.71. The third-order valence-corrected chi connectivity index (χ3v) is 5.93. The molecule has 0 saturated heterocycles. The predicted molar refractivity (Wildman–Crippen MR) is 147 cm³/mol. The van der Waals surface area contributed by atoms with E-state index in [1.165, 1.54) is 11.1 Å². The second-order valence-electron chi connectivity index (χ2n) is 10.9. The number of aromatic nitrogens is 2. The maximum atomic E-state index is 8.33. The minimum atomic E-state index is -0.114. The lowest BCUT2D eigenvalue weighted by atomic mass is 9.87. The van der Waals surface area contributed by atoms with Crippen molar-refractivity contribution < 1.29 is 9.15 Å². The Kier molecular flexibility index (Phi) is 7.77. The molecular weight excluding hydrogens is 448 g/mol. The summed E-state index contributed by atoms with van der Waals surface area (Å²) < 4.78 is 11.5. The number of ether oxygens (including phenoxy) is 1. The normalized spacial score (nSPS) is 13.0. The van der Waals surface area contributed by atoms with Crippen molar-refractivity contribution in [3.8, 4) is 11.5 Å². The van der Waals surface area contributed by atoms with Gasteiger partial charge in [0.15, 0.2) is 0 Å². The number of benzene rings is 2. The number of nitrogens with one attached hydrogen (secondary N) is 2. The maximum absolute atomic E-state index is 8.33. The van der Waals surface area contributed by atoms with E-state index in [1.54, 1.807) is 13.0 Å². The summed E-state index contributed by atoms with van der Waals surface area (Å²) in [5.74, 6) is 0.598. The number of nitrogens with zero attached hydrogens (tertiary/aromatic N) is 2. The van der Waals surface area contributed by atoms with Crippen LogP contribution in [0.3, 0.4) is 0 Å². The van der Waals surface area contributed by atoms with Crippen LogP contribution < -0.4 is 0 Å². The zero-order chi connectivity index (χ0) is 26.7. The van der Waals surface area contributed by atoms with E-state index in [2.05, 4.69) is 63.9 Å². The van der Waals surface area contributed by atoms with Crippen molar-refractivity contribution >= 4 is 17.4 Å². The molecule has 0 saturated carbocycles. The van der Waals surface area contributed by atoms with Gasteiger partial charge in [-0.1, -0.05) is 71.9 Å². The van der Waals surface area contributed by atoms with Gasteiger partial charge in [0.05, 0.1) is 0 Å². The molecule has 1 aromatic heterocycles. The molecule has 0 atom stereocenters. The van der Waals surface area contributed by atoms with Crippen LogP contribution in [0, 0.1) is 10.8 Å². The lowest BCUT2D eigenvalue weighted by molar-refractivity contribution is 0.535. The Labute approximate surface area is 214 Å². The van der Waals surface area contributed by atoms with E-state index in [1.807, 2.05) is 49.4 Å². The highest BCUT2D eigenvalue weighted by atomic mass is 16.5. The smallest absolute Gasteiger partial charge is 0.248 e. The standard InChI is InChI=1S/C30H36N4O2/c1-9-20(27-33-34-28(36-27)22-12-16-24(17-13-22)30(6,7)8)18-19(2)25(31)35-26(32)21-10-14-23(15-11-21)29(3,4)5/h9-18,31-32H,1-8H3/b19-18+,20-9+,31-25?,32-26?. The highest BCUT2D eigenvalue weighted by Gasteiger charge is 2.17. The molecule has 0 radical (unpaired) electrons. The van der Waals surface area contributed by atoms with Gasteiger partial charge in [0.1, 0.15) is 0 Å². The molecule has 188 valence electrons. The predicted octanol–water partition coefficient (Wildman–Crippen LogP) is 7.70. The molecule has 2 aromatic carbocycles. The zero-order valence-corrected chi connectivity index (χ0v) is 22.5. The summed E-state index contributed by atoms with van der Waals surface area (Å²) in [6.07, 6.45) is 3.59. The molecule has 3 rings (SSSR count). The van der Waals surface area contributed by atoms with Crippen LogP contribution in [-0.2, 0) is 15.6 Å². The van der Waals surface area contributed by atoms with Gasteiger partial charge in [0.25, 0.3) is 0 Å². The van der Waals surface area contributed by atoms with E-state index in [9.17, 15) is 0 Å². The molecule has 0 unspecified atom stereocenters. The van der Waals surface area contributed by atoms with E-state index < -0.39 is 0 Å².